The van der Waals surface area contributed by atoms with Gasteiger partial charge in [-0.05, 0) is 64.1 Å². The van der Waals surface area contributed by atoms with Gasteiger partial charge in [-0.25, -0.2) is 5.84 Å². The standard InChI is InChI=1S/C29H38N2O3/c1-7-8-26(31(6)30)23(18-27(32)33)21-10-12-22(13-11-21)34-19-20-9-14-24-25(17-20)29(4,5)16-15-28(24,2)3/h7-14,17,23H,1,15-16,18-19,30H2,2-6H3,(H,32,33)/b26-8-/t23-/m1/s1. The van der Waals surface area contributed by atoms with E-state index in [0.717, 1.165) is 16.9 Å². The second-order valence-electron chi connectivity index (χ2n) is 10.6. The van der Waals surface area contributed by atoms with E-state index in [9.17, 15) is 9.90 Å². The van der Waals surface area contributed by atoms with Gasteiger partial charge in [0.1, 0.15) is 12.4 Å². The summed E-state index contributed by atoms with van der Waals surface area (Å²) >= 11 is 0. The molecule has 0 heterocycles. The SMILES string of the molecule is C=C/C=C(/[C@H](CC(=O)O)c1ccc(OCc2ccc3c(c2)C(C)(C)CCC3(C)C)cc1)N(C)N. The molecule has 3 N–H and O–H groups in total. The summed E-state index contributed by atoms with van der Waals surface area (Å²) in [4.78, 5) is 11.5. The molecule has 1 aliphatic rings. The highest BCUT2D eigenvalue weighted by Gasteiger charge is 2.36. The molecule has 5 nitrogen and oxygen atoms in total. The minimum Gasteiger partial charge on any atom is -0.489 e. The molecule has 3 rings (SSSR count). The summed E-state index contributed by atoms with van der Waals surface area (Å²) in [5.74, 6) is 5.43. The predicted octanol–water partition coefficient (Wildman–Crippen LogP) is 6.05. The molecule has 0 saturated heterocycles. The fraction of sp³-hybridized carbons (Fsp3) is 0.414. The molecule has 0 aromatic heterocycles. The lowest BCUT2D eigenvalue weighted by molar-refractivity contribution is -0.137. The first-order valence-electron chi connectivity index (χ1n) is 11.8. The van der Waals surface area contributed by atoms with Gasteiger partial charge in [-0.3, -0.25) is 4.79 Å². The number of fused-ring (bicyclic) bond motifs is 1. The molecule has 0 amide bonds. The van der Waals surface area contributed by atoms with Crippen LogP contribution < -0.4 is 10.6 Å². The van der Waals surface area contributed by atoms with Gasteiger partial charge in [-0.2, -0.15) is 0 Å². The lowest BCUT2D eigenvalue weighted by atomic mass is 9.63. The number of carboxylic acid groups (broad SMARTS) is 1. The molecule has 0 spiro atoms. The van der Waals surface area contributed by atoms with Crippen LogP contribution in [0.3, 0.4) is 0 Å². The van der Waals surface area contributed by atoms with E-state index in [-0.39, 0.29) is 23.2 Å². The first-order valence-corrected chi connectivity index (χ1v) is 11.8. The van der Waals surface area contributed by atoms with Crippen molar-refractivity contribution in [1.29, 1.82) is 0 Å². The Morgan fingerprint density at radius 1 is 1.12 bits per heavy atom. The molecular formula is C29H38N2O3. The Hall–Kier alpha value is -3.05. The van der Waals surface area contributed by atoms with Crippen LogP contribution in [0.2, 0.25) is 0 Å². The van der Waals surface area contributed by atoms with Gasteiger partial charge < -0.3 is 14.9 Å². The lowest BCUT2D eigenvalue weighted by Gasteiger charge is -2.42. The second kappa shape index (κ2) is 10.1. The lowest BCUT2D eigenvalue weighted by Crippen LogP contribution is -2.33. The van der Waals surface area contributed by atoms with E-state index in [4.69, 9.17) is 10.6 Å². The molecule has 2 aromatic rings. The number of hydrogen-bond donors (Lipinski definition) is 2. The molecule has 182 valence electrons. The Balaban J connectivity index is 1.78. The number of likely N-dealkylation sites (N-methyl/N-ethyl adjacent to an activating group) is 1. The van der Waals surface area contributed by atoms with E-state index in [1.807, 2.05) is 24.3 Å². The summed E-state index contributed by atoms with van der Waals surface area (Å²) in [6, 6.07) is 14.3. The molecule has 0 bridgehead atoms. The Kier molecular flexibility index (Phi) is 7.57. The topological polar surface area (TPSA) is 75.8 Å². The number of benzene rings is 2. The van der Waals surface area contributed by atoms with Gasteiger partial charge in [0, 0.05) is 18.7 Å². The minimum absolute atomic E-state index is 0.0668. The number of allylic oxidation sites excluding steroid dienone is 3. The molecule has 0 radical (unpaired) electrons. The average molecular weight is 463 g/mol. The third-order valence-corrected chi connectivity index (χ3v) is 7.04. The van der Waals surface area contributed by atoms with Crippen LogP contribution in [0.5, 0.6) is 5.75 Å². The Bertz CT molecular complexity index is 1070. The highest BCUT2D eigenvalue weighted by atomic mass is 16.5. The van der Waals surface area contributed by atoms with E-state index in [2.05, 4.69) is 52.5 Å². The fourth-order valence-corrected chi connectivity index (χ4v) is 4.86. The Morgan fingerprint density at radius 3 is 2.29 bits per heavy atom. The summed E-state index contributed by atoms with van der Waals surface area (Å²) in [5, 5.41) is 10.9. The molecule has 1 aliphatic carbocycles. The highest BCUT2D eigenvalue weighted by molar-refractivity contribution is 5.69. The molecule has 0 fully saturated rings. The quantitative estimate of drug-likeness (QED) is 0.270. The van der Waals surface area contributed by atoms with Crippen molar-refractivity contribution in [1.82, 2.24) is 5.01 Å². The summed E-state index contributed by atoms with van der Waals surface area (Å²) < 4.78 is 6.09. The maximum Gasteiger partial charge on any atom is 0.304 e. The first kappa shape index (κ1) is 25.6. The van der Waals surface area contributed by atoms with Crippen molar-refractivity contribution in [2.45, 2.75) is 70.3 Å². The number of rotatable bonds is 9. The fourth-order valence-electron chi connectivity index (χ4n) is 4.86. The van der Waals surface area contributed by atoms with Crippen LogP contribution in [0.4, 0.5) is 0 Å². The van der Waals surface area contributed by atoms with Gasteiger partial charge in [-0.1, -0.05) is 70.7 Å². The van der Waals surface area contributed by atoms with E-state index in [0.29, 0.717) is 12.3 Å². The predicted molar refractivity (Wildman–Crippen MR) is 138 cm³/mol. The van der Waals surface area contributed by atoms with Crippen molar-refractivity contribution < 1.29 is 14.6 Å². The third-order valence-electron chi connectivity index (χ3n) is 7.04. The number of hydrazine groups is 1. The normalized spacial score (nSPS) is 17.4. The maximum absolute atomic E-state index is 11.5. The molecule has 0 aliphatic heterocycles. The van der Waals surface area contributed by atoms with Crippen molar-refractivity contribution in [3.05, 3.63) is 89.1 Å². The van der Waals surface area contributed by atoms with E-state index in [1.165, 1.54) is 29.0 Å². The smallest absolute Gasteiger partial charge is 0.304 e. The van der Waals surface area contributed by atoms with E-state index < -0.39 is 5.97 Å². The van der Waals surface area contributed by atoms with Crippen LogP contribution in [0.1, 0.15) is 75.1 Å². The number of aliphatic carboxylic acids is 1. The van der Waals surface area contributed by atoms with Crippen LogP contribution in [0, 0.1) is 0 Å². The number of ether oxygens (including phenoxy) is 1. The highest BCUT2D eigenvalue weighted by Crippen LogP contribution is 2.46. The third kappa shape index (κ3) is 5.71. The molecule has 2 aromatic carbocycles. The Labute approximate surface area is 203 Å². The molecule has 5 heteroatoms. The van der Waals surface area contributed by atoms with Crippen molar-refractivity contribution in [2.75, 3.05) is 7.05 Å². The minimum atomic E-state index is -0.888. The van der Waals surface area contributed by atoms with Crippen LogP contribution >= 0.6 is 0 Å². The van der Waals surface area contributed by atoms with Gasteiger partial charge in [-0.15, -0.1) is 0 Å². The number of carboxylic acids is 1. The number of hydrogen-bond acceptors (Lipinski definition) is 4. The average Bonchev–Trinajstić information content (AvgIpc) is 2.78. The molecule has 34 heavy (non-hydrogen) atoms. The van der Waals surface area contributed by atoms with Crippen LogP contribution in [0.15, 0.2) is 66.9 Å². The van der Waals surface area contributed by atoms with Crippen molar-refractivity contribution in [2.24, 2.45) is 5.84 Å². The zero-order valence-corrected chi connectivity index (χ0v) is 21.1. The van der Waals surface area contributed by atoms with Gasteiger partial charge >= 0.3 is 5.97 Å². The summed E-state index contributed by atoms with van der Waals surface area (Å²) in [7, 11) is 1.70. The number of carbonyl (C=O) groups is 1. The van der Waals surface area contributed by atoms with E-state index >= 15 is 0 Å². The van der Waals surface area contributed by atoms with Crippen molar-refractivity contribution in [3.8, 4) is 5.75 Å². The summed E-state index contributed by atoms with van der Waals surface area (Å²) in [6.45, 7) is 13.5. The molecular weight excluding hydrogens is 424 g/mol. The molecule has 0 unspecified atom stereocenters. The van der Waals surface area contributed by atoms with Crippen LogP contribution in [0.25, 0.3) is 0 Å². The first-order chi connectivity index (χ1) is 15.9. The summed E-state index contributed by atoms with van der Waals surface area (Å²) in [5.41, 5.74) is 5.91. The summed E-state index contributed by atoms with van der Waals surface area (Å²) in [6.07, 6.45) is 5.67. The monoisotopic (exact) mass is 462 g/mol. The maximum atomic E-state index is 11.5. The van der Waals surface area contributed by atoms with Gasteiger partial charge in [0.05, 0.1) is 6.42 Å². The second-order valence-corrected chi connectivity index (χ2v) is 10.6. The van der Waals surface area contributed by atoms with E-state index in [1.54, 1.807) is 19.2 Å². The van der Waals surface area contributed by atoms with Gasteiger partial charge in [0.25, 0.3) is 0 Å². The van der Waals surface area contributed by atoms with Crippen LogP contribution in [-0.4, -0.2) is 23.1 Å². The number of nitrogens with two attached hydrogens (primary N) is 1. The van der Waals surface area contributed by atoms with Gasteiger partial charge in [0.2, 0.25) is 0 Å². The largest absolute Gasteiger partial charge is 0.489 e. The van der Waals surface area contributed by atoms with Gasteiger partial charge in [0.15, 0.2) is 0 Å². The zero-order valence-electron chi connectivity index (χ0n) is 21.1. The number of nitrogens with zero attached hydrogens (tertiary/aromatic N) is 1. The van der Waals surface area contributed by atoms with Crippen LogP contribution in [-0.2, 0) is 22.2 Å². The van der Waals surface area contributed by atoms with Crippen molar-refractivity contribution in [3.63, 3.8) is 0 Å². The molecule has 0 saturated carbocycles. The van der Waals surface area contributed by atoms with Crippen molar-refractivity contribution >= 4 is 5.97 Å². The Morgan fingerprint density at radius 2 is 1.74 bits per heavy atom. The molecule has 1 atom stereocenters. The zero-order chi connectivity index (χ0) is 25.1.